The number of allylic oxidation sites excluding steroid dienone is 3. The molecular weight excluding hydrogens is 490 g/mol. The fourth-order valence-electron chi connectivity index (χ4n) is 6.30. The van der Waals surface area contributed by atoms with Crippen LogP contribution in [-0.2, 0) is 19.1 Å². The van der Waals surface area contributed by atoms with Gasteiger partial charge in [-0.15, -0.1) is 0 Å². The highest BCUT2D eigenvalue weighted by atomic mass is 35.5. The van der Waals surface area contributed by atoms with Crippen molar-refractivity contribution in [2.45, 2.75) is 50.3 Å². The third kappa shape index (κ3) is 3.41. The van der Waals surface area contributed by atoms with Gasteiger partial charge in [0, 0.05) is 29.5 Å². The molecule has 3 aliphatic heterocycles. The van der Waals surface area contributed by atoms with Crippen molar-refractivity contribution in [1.29, 1.82) is 0 Å². The number of aromatic nitrogens is 1. The molecule has 7 nitrogen and oxygen atoms in total. The molecule has 1 aromatic carbocycles. The highest BCUT2D eigenvalue weighted by molar-refractivity contribution is 6.43. The predicted molar refractivity (Wildman–Crippen MR) is 140 cm³/mol. The second-order valence-electron chi connectivity index (χ2n) is 10.5. The number of para-hydroxylation sites is 1. The summed E-state index contributed by atoms with van der Waals surface area (Å²) in [5, 5.41) is 7.11. The van der Waals surface area contributed by atoms with E-state index in [1.165, 1.54) is 0 Å². The number of nitrogens with zero attached hydrogens (tertiary/aromatic N) is 1. The van der Waals surface area contributed by atoms with Gasteiger partial charge in [-0.05, 0) is 25.5 Å². The smallest absolute Gasteiger partial charge is 0.259 e. The number of amides is 2. The summed E-state index contributed by atoms with van der Waals surface area (Å²) in [7, 11) is 0. The van der Waals surface area contributed by atoms with Crippen LogP contribution in [0.25, 0.3) is 16.5 Å². The van der Waals surface area contributed by atoms with Gasteiger partial charge in [-0.2, -0.15) is 0 Å². The number of hydrogen-bond acceptors (Lipinski definition) is 5. The molecule has 4 heterocycles. The third-order valence-corrected chi connectivity index (χ3v) is 8.17. The van der Waals surface area contributed by atoms with Gasteiger partial charge in [-0.25, -0.2) is 0 Å². The van der Waals surface area contributed by atoms with Crippen molar-refractivity contribution in [2.24, 2.45) is 5.92 Å². The van der Waals surface area contributed by atoms with E-state index in [0.29, 0.717) is 28.3 Å². The number of benzene rings is 1. The molecule has 2 aliphatic carbocycles. The number of carbonyl (C=O) groups excluding carboxylic acids is 2. The maximum Gasteiger partial charge on any atom is 0.259 e. The summed E-state index contributed by atoms with van der Waals surface area (Å²) in [4.78, 5) is 26.5. The molecular formula is C29H26ClN3O4. The Morgan fingerprint density at radius 3 is 2.65 bits per heavy atom. The standard InChI is InChI=1S/C29H26ClN3O4/c1-29(2)36-21-12-11-15(13-22(21)37-29)33-20-10-6-4-8-17(20)23(26(33)30)25-24(27(34)32-28(25)35)18-14-31-19-9-5-3-7-16(18)19/h3-12,14-16,19,21-22,31H,13H2,1-2H3,(H,32,34,35)/t15-,16?,19?,21-,22+/m0/s1. The monoisotopic (exact) mass is 515 g/mol. The number of hydrogen-bond donors (Lipinski definition) is 2. The lowest BCUT2D eigenvalue weighted by Crippen LogP contribution is -2.28. The second-order valence-corrected chi connectivity index (χ2v) is 10.9. The molecule has 2 aromatic rings. The van der Waals surface area contributed by atoms with Gasteiger partial charge < -0.3 is 19.4 Å². The van der Waals surface area contributed by atoms with Crippen LogP contribution >= 0.6 is 11.6 Å². The largest absolute Gasteiger partial charge is 0.383 e. The summed E-state index contributed by atoms with van der Waals surface area (Å²) >= 11 is 7.16. The van der Waals surface area contributed by atoms with E-state index < -0.39 is 17.6 Å². The fraction of sp³-hybridized carbons (Fsp3) is 0.310. The van der Waals surface area contributed by atoms with Crippen LogP contribution in [0.5, 0.6) is 0 Å². The summed E-state index contributed by atoms with van der Waals surface area (Å²) in [6.45, 7) is 3.84. The van der Waals surface area contributed by atoms with Crippen molar-refractivity contribution in [1.82, 2.24) is 15.2 Å². The second kappa shape index (κ2) is 8.05. The first-order chi connectivity index (χ1) is 17.8. The summed E-state index contributed by atoms with van der Waals surface area (Å²) in [6, 6.07) is 7.77. The maximum atomic E-state index is 13.3. The van der Waals surface area contributed by atoms with E-state index in [2.05, 4.69) is 28.9 Å². The lowest BCUT2D eigenvalue weighted by atomic mass is 9.85. The molecule has 2 amide bonds. The van der Waals surface area contributed by atoms with E-state index in [9.17, 15) is 9.59 Å². The number of ether oxygens (including phenoxy) is 2. The molecule has 7 rings (SSSR count). The molecule has 188 valence electrons. The number of rotatable bonds is 3. The molecule has 2 N–H and O–H groups in total. The Bertz CT molecular complexity index is 1520. The minimum atomic E-state index is -0.645. The Morgan fingerprint density at radius 1 is 1.00 bits per heavy atom. The molecule has 1 saturated heterocycles. The summed E-state index contributed by atoms with van der Waals surface area (Å²) < 4.78 is 14.2. The number of carbonyl (C=O) groups is 2. The van der Waals surface area contributed by atoms with Gasteiger partial charge in [0.05, 0.1) is 34.9 Å². The number of nitrogens with one attached hydrogen (secondary N) is 2. The summed E-state index contributed by atoms with van der Waals surface area (Å²) in [6.07, 6.45) is 14.5. The van der Waals surface area contributed by atoms with E-state index in [-0.39, 0.29) is 30.2 Å². The summed E-state index contributed by atoms with van der Waals surface area (Å²) in [5.74, 6) is -1.52. The Hall–Kier alpha value is -3.39. The molecule has 0 spiro atoms. The molecule has 8 heteroatoms. The molecule has 5 atom stereocenters. The van der Waals surface area contributed by atoms with Gasteiger partial charge >= 0.3 is 0 Å². The third-order valence-electron chi connectivity index (χ3n) is 7.80. The van der Waals surface area contributed by atoms with Crippen LogP contribution in [0.2, 0.25) is 5.15 Å². The Balaban J connectivity index is 1.39. The molecule has 37 heavy (non-hydrogen) atoms. The van der Waals surface area contributed by atoms with E-state index in [1.54, 1.807) is 0 Å². The molecule has 5 aliphatic rings. The first kappa shape index (κ1) is 22.8. The van der Waals surface area contributed by atoms with Crippen LogP contribution < -0.4 is 10.6 Å². The number of imide groups is 1. The van der Waals surface area contributed by atoms with Crippen molar-refractivity contribution in [3.63, 3.8) is 0 Å². The van der Waals surface area contributed by atoms with Crippen LogP contribution in [0.3, 0.4) is 0 Å². The SMILES string of the molecule is CC1(C)O[C@H]2C=C[C@H](n3c(Cl)c(C4=C(C5=CNC6C=CC=CC56)C(=O)NC4=O)c4ccccc43)C[C@H]2O1. The van der Waals surface area contributed by atoms with Crippen LogP contribution in [0.15, 0.2) is 78.1 Å². The minimum Gasteiger partial charge on any atom is -0.383 e. The van der Waals surface area contributed by atoms with Crippen LogP contribution in [0.1, 0.15) is 31.9 Å². The van der Waals surface area contributed by atoms with Gasteiger partial charge in [0.25, 0.3) is 11.8 Å². The normalized spacial score (nSPS) is 31.5. The zero-order valence-corrected chi connectivity index (χ0v) is 21.2. The van der Waals surface area contributed by atoms with Gasteiger partial charge in [0.2, 0.25) is 0 Å². The van der Waals surface area contributed by atoms with Crippen molar-refractivity contribution >= 4 is 39.9 Å². The first-order valence-electron chi connectivity index (χ1n) is 12.6. The van der Waals surface area contributed by atoms with Crippen LogP contribution in [0, 0.1) is 5.92 Å². The van der Waals surface area contributed by atoms with E-state index in [4.69, 9.17) is 21.1 Å². The fourth-order valence-corrected chi connectivity index (χ4v) is 6.72. The van der Waals surface area contributed by atoms with Gasteiger partial charge in [0.15, 0.2) is 5.79 Å². The molecule has 2 unspecified atom stereocenters. The topological polar surface area (TPSA) is 81.6 Å². The lowest BCUT2D eigenvalue weighted by molar-refractivity contribution is -0.143. The molecule has 1 fully saturated rings. The molecule has 0 saturated carbocycles. The first-order valence-corrected chi connectivity index (χ1v) is 12.9. The molecule has 0 bridgehead atoms. The Kier molecular flexibility index (Phi) is 4.96. The summed E-state index contributed by atoms with van der Waals surface area (Å²) in [5.41, 5.74) is 2.96. The highest BCUT2D eigenvalue weighted by Gasteiger charge is 2.44. The lowest BCUT2D eigenvalue weighted by Gasteiger charge is -2.27. The van der Waals surface area contributed by atoms with Crippen molar-refractivity contribution in [3.05, 3.63) is 88.8 Å². The zero-order valence-electron chi connectivity index (χ0n) is 20.4. The van der Waals surface area contributed by atoms with Gasteiger partial charge in [-0.3, -0.25) is 14.9 Å². The van der Waals surface area contributed by atoms with Crippen molar-refractivity contribution < 1.29 is 19.1 Å². The molecule has 1 aromatic heterocycles. The average molecular weight is 516 g/mol. The van der Waals surface area contributed by atoms with Crippen molar-refractivity contribution in [3.8, 4) is 0 Å². The minimum absolute atomic E-state index is 0.0418. The number of halogens is 1. The van der Waals surface area contributed by atoms with Gasteiger partial charge in [0.1, 0.15) is 11.3 Å². The van der Waals surface area contributed by atoms with E-state index in [0.717, 1.165) is 16.5 Å². The van der Waals surface area contributed by atoms with Gasteiger partial charge in [-0.1, -0.05) is 66.3 Å². The number of fused-ring (bicyclic) bond motifs is 3. The quantitative estimate of drug-likeness (QED) is 0.470. The highest BCUT2D eigenvalue weighted by Crippen LogP contribution is 2.46. The van der Waals surface area contributed by atoms with E-state index in [1.807, 2.05) is 67.1 Å². The average Bonchev–Trinajstić information content (AvgIpc) is 3.57. The van der Waals surface area contributed by atoms with Crippen LogP contribution in [0.4, 0.5) is 0 Å². The van der Waals surface area contributed by atoms with E-state index >= 15 is 0 Å². The molecule has 0 radical (unpaired) electrons. The predicted octanol–water partition coefficient (Wildman–Crippen LogP) is 4.32. The maximum absolute atomic E-state index is 13.3. The Morgan fingerprint density at radius 2 is 1.78 bits per heavy atom. The Labute approximate surface area is 219 Å². The van der Waals surface area contributed by atoms with Crippen LogP contribution in [-0.4, -0.2) is 40.4 Å². The zero-order chi connectivity index (χ0) is 25.5. The van der Waals surface area contributed by atoms with Crippen molar-refractivity contribution in [2.75, 3.05) is 0 Å².